The van der Waals surface area contributed by atoms with Gasteiger partial charge in [0, 0.05) is 37.3 Å². The highest BCUT2D eigenvalue weighted by atomic mass is 35.5. The molecule has 0 radical (unpaired) electrons. The first-order valence-electron chi connectivity index (χ1n) is 10.3. The molecule has 5 rings (SSSR count). The first kappa shape index (κ1) is 20.9. The summed E-state index contributed by atoms with van der Waals surface area (Å²) in [6, 6.07) is 6.41. The SMILES string of the molecule is COc1cc2c(cc1OC)CN(C(c1cc3ncncc3s1)N1CCOC(Cl)C1)CC2. The molecule has 3 aromatic rings. The fraction of sp³-hybridized carbons (Fsp3) is 0.455. The highest BCUT2D eigenvalue weighted by molar-refractivity contribution is 7.19. The number of benzene rings is 1. The van der Waals surface area contributed by atoms with Gasteiger partial charge in [-0.2, -0.15) is 0 Å². The topological polar surface area (TPSA) is 60.0 Å². The van der Waals surface area contributed by atoms with Crippen LogP contribution in [0.2, 0.25) is 0 Å². The molecule has 31 heavy (non-hydrogen) atoms. The second kappa shape index (κ2) is 8.88. The first-order chi connectivity index (χ1) is 15.2. The maximum atomic E-state index is 6.38. The zero-order valence-electron chi connectivity index (χ0n) is 17.6. The molecule has 2 unspecified atom stereocenters. The van der Waals surface area contributed by atoms with Gasteiger partial charge in [-0.1, -0.05) is 11.6 Å². The molecule has 0 bridgehead atoms. The van der Waals surface area contributed by atoms with Crippen molar-refractivity contribution in [3.63, 3.8) is 0 Å². The molecule has 7 nitrogen and oxygen atoms in total. The number of morpholine rings is 1. The molecule has 2 atom stereocenters. The van der Waals surface area contributed by atoms with Gasteiger partial charge in [0.2, 0.25) is 0 Å². The van der Waals surface area contributed by atoms with Crippen LogP contribution in [0.25, 0.3) is 10.2 Å². The highest BCUT2D eigenvalue weighted by Crippen LogP contribution is 2.39. The third-order valence-corrected chi connectivity index (χ3v) is 7.33. The lowest BCUT2D eigenvalue weighted by Crippen LogP contribution is -2.49. The number of hydrogen-bond acceptors (Lipinski definition) is 8. The van der Waals surface area contributed by atoms with Crippen molar-refractivity contribution in [1.29, 1.82) is 0 Å². The predicted molar refractivity (Wildman–Crippen MR) is 121 cm³/mol. The van der Waals surface area contributed by atoms with E-state index in [0.29, 0.717) is 13.2 Å². The van der Waals surface area contributed by atoms with E-state index < -0.39 is 0 Å². The minimum Gasteiger partial charge on any atom is -0.493 e. The van der Waals surface area contributed by atoms with Gasteiger partial charge in [-0.25, -0.2) is 9.97 Å². The number of alkyl halides is 1. The monoisotopic (exact) mass is 460 g/mol. The van der Waals surface area contributed by atoms with E-state index in [-0.39, 0.29) is 11.7 Å². The Labute approximate surface area is 190 Å². The third kappa shape index (κ3) is 4.10. The van der Waals surface area contributed by atoms with Crippen molar-refractivity contribution in [2.75, 3.05) is 40.5 Å². The molecule has 0 N–H and O–H groups in total. The smallest absolute Gasteiger partial charge is 0.161 e. The van der Waals surface area contributed by atoms with Crippen molar-refractivity contribution >= 4 is 33.2 Å². The molecule has 2 aliphatic heterocycles. The van der Waals surface area contributed by atoms with E-state index in [2.05, 4.69) is 38.0 Å². The van der Waals surface area contributed by atoms with Crippen LogP contribution in [-0.2, 0) is 17.7 Å². The number of thiophene rings is 1. The number of nitrogens with zero attached hydrogens (tertiary/aromatic N) is 4. The fourth-order valence-corrected chi connectivity index (χ4v) is 5.91. The van der Waals surface area contributed by atoms with Crippen LogP contribution in [0.1, 0.15) is 22.2 Å². The first-order valence-corrected chi connectivity index (χ1v) is 11.6. The van der Waals surface area contributed by atoms with E-state index in [1.54, 1.807) is 31.9 Å². The summed E-state index contributed by atoms with van der Waals surface area (Å²) < 4.78 is 17.8. The maximum Gasteiger partial charge on any atom is 0.161 e. The van der Waals surface area contributed by atoms with Crippen LogP contribution in [0.4, 0.5) is 0 Å². The van der Waals surface area contributed by atoms with E-state index in [1.165, 1.54) is 16.0 Å². The zero-order chi connectivity index (χ0) is 21.4. The van der Waals surface area contributed by atoms with Crippen molar-refractivity contribution in [2.45, 2.75) is 24.7 Å². The molecule has 4 heterocycles. The van der Waals surface area contributed by atoms with Gasteiger partial charge in [-0.3, -0.25) is 9.80 Å². The Bertz CT molecular complexity index is 1050. The summed E-state index contributed by atoms with van der Waals surface area (Å²) in [5.74, 6) is 1.55. The van der Waals surface area contributed by atoms with E-state index in [9.17, 15) is 0 Å². The minimum atomic E-state index is -0.299. The summed E-state index contributed by atoms with van der Waals surface area (Å²) in [7, 11) is 3.36. The second-order valence-electron chi connectivity index (χ2n) is 7.77. The van der Waals surface area contributed by atoms with Gasteiger partial charge in [-0.15, -0.1) is 11.3 Å². The normalized spacial score (nSPS) is 21.1. The quantitative estimate of drug-likeness (QED) is 0.538. The van der Waals surface area contributed by atoms with Crippen LogP contribution in [0.3, 0.4) is 0 Å². The molecule has 1 aromatic carbocycles. The van der Waals surface area contributed by atoms with E-state index >= 15 is 0 Å². The lowest BCUT2D eigenvalue weighted by atomic mass is 9.98. The largest absolute Gasteiger partial charge is 0.493 e. The summed E-state index contributed by atoms with van der Waals surface area (Å²) in [4.78, 5) is 14.8. The maximum absolute atomic E-state index is 6.38. The number of fused-ring (bicyclic) bond motifs is 2. The summed E-state index contributed by atoms with van der Waals surface area (Å²) >= 11 is 8.13. The number of methoxy groups -OCH3 is 2. The van der Waals surface area contributed by atoms with Crippen LogP contribution in [-0.4, -0.2) is 65.8 Å². The Morgan fingerprint density at radius 2 is 1.94 bits per heavy atom. The van der Waals surface area contributed by atoms with Gasteiger partial charge in [0.25, 0.3) is 0 Å². The van der Waals surface area contributed by atoms with Crippen LogP contribution in [0.15, 0.2) is 30.7 Å². The van der Waals surface area contributed by atoms with Crippen LogP contribution in [0.5, 0.6) is 11.5 Å². The van der Waals surface area contributed by atoms with E-state index in [0.717, 1.165) is 47.8 Å². The average Bonchev–Trinajstić information content (AvgIpc) is 3.21. The fourth-order valence-electron chi connectivity index (χ4n) is 4.48. The van der Waals surface area contributed by atoms with Crippen molar-refractivity contribution in [3.05, 3.63) is 46.7 Å². The van der Waals surface area contributed by atoms with Crippen molar-refractivity contribution in [1.82, 2.24) is 19.8 Å². The number of aromatic nitrogens is 2. The van der Waals surface area contributed by atoms with Gasteiger partial charge < -0.3 is 14.2 Å². The van der Waals surface area contributed by atoms with Gasteiger partial charge in [0.15, 0.2) is 11.5 Å². The third-order valence-electron chi connectivity index (χ3n) is 5.96. The Hall–Kier alpha value is -1.97. The molecule has 1 fully saturated rings. The van der Waals surface area contributed by atoms with Crippen LogP contribution in [0, 0.1) is 0 Å². The lowest BCUT2D eigenvalue weighted by Gasteiger charge is -2.43. The van der Waals surface area contributed by atoms with Gasteiger partial charge in [-0.05, 0) is 35.7 Å². The molecule has 2 aliphatic rings. The lowest BCUT2D eigenvalue weighted by molar-refractivity contribution is -0.0519. The zero-order valence-corrected chi connectivity index (χ0v) is 19.2. The van der Waals surface area contributed by atoms with Gasteiger partial charge >= 0.3 is 0 Å². The molecule has 1 saturated heterocycles. The summed E-state index contributed by atoms with van der Waals surface area (Å²) in [5.41, 5.74) is 3.27. The van der Waals surface area contributed by atoms with Crippen molar-refractivity contribution in [2.24, 2.45) is 0 Å². The Morgan fingerprint density at radius 3 is 2.68 bits per heavy atom. The van der Waals surface area contributed by atoms with Gasteiger partial charge in [0.1, 0.15) is 11.9 Å². The molecule has 0 amide bonds. The van der Waals surface area contributed by atoms with E-state index in [4.69, 9.17) is 25.8 Å². The van der Waals surface area contributed by atoms with Gasteiger partial charge in [0.05, 0.1) is 37.2 Å². The Morgan fingerprint density at radius 1 is 1.13 bits per heavy atom. The molecule has 0 saturated carbocycles. The van der Waals surface area contributed by atoms with Crippen LogP contribution >= 0.6 is 22.9 Å². The molecule has 0 spiro atoms. The van der Waals surface area contributed by atoms with Crippen LogP contribution < -0.4 is 9.47 Å². The molecule has 0 aliphatic carbocycles. The number of hydrogen-bond donors (Lipinski definition) is 0. The summed E-state index contributed by atoms with van der Waals surface area (Å²) in [6.45, 7) is 3.91. The molecule has 2 aromatic heterocycles. The standard InChI is InChI=1S/C22H25ClN4O3S/c1-28-17-7-14-3-4-26(11-15(14)8-18(17)29-2)22(27-5-6-30-21(23)12-27)19-9-16-20(31-19)10-24-13-25-16/h7-10,13,21-22H,3-6,11-12H2,1-2H3. The highest BCUT2D eigenvalue weighted by Gasteiger charge is 2.34. The predicted octanol–water partition coefficient (Wildman–Crippen LogP) is 3.66. The molecule has 9 heteroatoms. The molecular formula is C22H25ClN4O3S. The second-order valence-corrected chi connectivity index (χ2v) is 9.37. The number of halogens is 1. The van der Waals surface area contributed by atoms with E-state index in [1.807, 2.05) is 6.20 Å². The summed E-state index contributed by atoms with van der Waals surface area (Å²) in [5, 5.41) is 0. The summed E-state index contributed by atoms with van der Waals surface area (Å²) in [6.07, 6.45) is 4.55. The minimum absolute atomic E-state index is 0.102. The Kier molecular flexibility index (Phi) is 5.99. The van der Waals surface area contributed by atoms with Crippen molar-refractivity contribution in [3.8, 4) is 11.5 Å². The molecule has 164 valence electrons. The average molecular weight is 461 g/mol. The molecular weight excluding hydrogens is 436 g/mol. The number of rotatable bonds is 5. The Balaban J connectivity index is 1.51. The number of ether oxygens (including phenoxy) is 3. The van der Waals surface area contributed by atoms with Crippen molar-refractivity contribution < 1.29 is 14.2 Å².